The van der Waals surface area contributed by atoms with Gasteiger partial charge in [0, 0.05) is 18.4 Å². The predicted molar refractivity (Wildman–Crippen MR) is 100 cm³/mol. The summed E-state index contributed by atoms with van der Waals surface area (Å²) in [6.07, 6.45) is 6.67. The number of amides is 1. The van der Waals surface area contributed by atoms with Crippen molar-refractivity contribution >= 4 is 11.7 Å². The van der Waals surface area contributed by atoms with Gasteiger partial charge in [-0.25, -0.2) is 4.89 Å². The molecule has 159 valence electrons. The van der Waals surface area contributed by atoms with Gasteiger partial charge in [-0.1, -0.05) is 32.4 Å². The van der Waals surface area contributed by atoms with E-state index >= 15 is 0 Å². The van der Waals surface area contributed by atoms with Crippen molar-refractivity contribution in [2.75, 3.05) is 13.7 Å². The molecular weight excluding hydrogens is 374 g/mol. The third kappa shape index (κ3) is 1.94. The number of aliphatic hydroxyl groups excluding tert-OH is 1. The van der Waals surface area contributed by atoms with Crippen LogP contribution in [0.4, 0.5) is 0 Å². The Balaban J connectivity index is 1.72. The fourth-order valence-corrected chi connectivity index (χ4v) is 7.68. The van der Waals surface area contributed by atoms with Crippen LogP contribution >= 0.6 is 0 Å². The highest BCUT2D eigenvalue weighted by Gasteiger charge is 2.87. The minimum Gasteiger partial charge on any atom is -0.394 e. The minimum absolute atomic E-state index is 0.101. The van der Waals surface area contributed by atoms with Gasteiger partial charge in [0.15, 0.2) is 11.2 Å². The number of likely N-dealkylation sites (tertiary alicyclic amines) is 1. The molecule has 1 spiro atoms. The fraction of sp³-hybridized carbons (Fsp3) is 0.818. The molecule has 0 aromatic rings. The molecule has 1 N–H and O–H groups in total. The zero-order chi connectivity index (χ0) is 20.9. The number of allylic oxidation sites excluding steroid dienone is 2. The Morgan fingerprint density at radius 1 is 1.24 bits per heavy atom. The number of aliphatic hydroxyl groups is 1. The molecule has 0 aromatic heterocycles. The van der Waals surface area contributed by atoms with Crippen LogP contribution in [0.15, 0.2) is 12.2 Å². The monoisotopic (exact) mass is 404 g/mol. The maximum atomic E-state index is 14.3. The molecule has 7 heteroatoms. The average molecular weight is 404 g/mol. The third-order valence-corrected chi connectivity index (χ3v) is 9.04. The van der Waals surface area contributed by atoms with Crippen molar-refractivity contribution in [3.8, 4) is 0 Å². The van der Waals surface area contributed by atoms with Crippen LogP contribution in [0, 0.1) is 40.4 Å². The molecule has 2 saturated heterocycles. The van der Waals surface area contributed by atoms with Gasteiger partial charge >= 0.3 is 0 Å². The number of ketones is 1. The molecule has 2 aliphatic heterocycles. The second-order valence-electron chi connectivity index (χ2n) is 10.2. The molecule has 0 aromatic carbocycles. The van der Waals surface area contributed by atoms with Crippen molar-refractivity contribution < 1.29 is 29.6 Å². The van der Waals surface area contributed by atoms with Gasteiger partial charge in [-0.15, -0.1) is 0 Å². The first-order valence-corrected chi connectivity index (χ1v) is 10.8. The summed E-state index contributed by atoms with van der Waals surface area (Å²) in [7, 11) is 1.47. The number of hydrogen-bond acceptors (Lipinski definition) is 5. The summed E-state index contributed by atoms with van der Waals surface area (Å²) < 4.78 is 0. The molecule has 0 bridgehead atoms. The van der Waals surface area contributed by atoms with E-state index in [0.717, 1.165) is 19.3 Å². The lowest BCUT2D eigenvalue weighted by atomic mass is 9.55. The number of carbonyl (C=O) groups is 2. The van der Waals surface area contributed by atoms with Crippen LogP contribution in [-0.2, 0) is 24.5 Å². The highest BCUT2D eigenvalue weighted by Crippen LogP contribution is 2.71. The lowest BCUT2D eigenvalue weighted by molar-refractivity contribution is -0.505. The van der Waals surface area contributed by atoms with Crippen LogP contribution in [0.5, 0.6) is 0 Å². The smallest absolute Gasteiger partial charge is 0.277 e. The zero-order valence-corrected chi connectivity index (χ0v) is 17.5. The molecule has 10 atom stereocenters. The molecule has 1 radical (unpaired) electrons. The summed E-state index contributed by atoms with van der Waals surface area (Å²) in [6.45, 7) is 5.39. The van der Waals surface area contributed by atoms with Gasteiger partial charge in [0.25, 0.3) is 5.79 Å². The fourth-order valence-electron chi connectivity index (χ4n) is 7.68. The predicted octanol–water partition coefficient (Wildman–Crippen LogP) is 1.73. The zero-order valence-electron chi connectivity index (χ0n) is 17.5. The second-order valence-corrected chi connectivity index (χ2v) is 10.2. The van der Waals surface area contributed by atoms with Gasteiger partial charge < -0.3 is 10.0 Å². The van der Waals surface area contributed by atoms with E-state index in [1.807, 2.05) is 6.92 Å². The molecule has 1 amide bonds. The number of fused-ring (bicyclic) bond motifs is 4. The van der Waals surface area contributed by atoms with Gasteiger partial charge in [-0.05, 0) is 43.4 Å². The van der Waals surface area contributed by atoms with E-state index in [9.17, 15) is 19.8 Å². The summed E-state index contributed by atoms with van der Waals surface area (Å²) in [6, 6.07) is -1.16. The molecule has 7 nitrogen and oxygen atoms in total. The summed E-state index contributed by atoms with van der Waals surface area (Å²) >= 11 is 0. The normalized spacial score (nSPS) is 56.1. The van der Waals surface area contributed by atoms with E-state index in [4.69, 9.17) is 9.78 Å². The molecule has 3 aliphatic carbocycles. The van der Waals surface area contributed by atoms with E-state index in [0.29, 0.717) is 5.92 Å². The Kier molecular flexibility index (Phi) is 4.00. The van der Waals surface area contributed by atoms with E-state index in [2.05, 4.69) is 19.1 Å². The van der Waals surface area contributed by atoms with E-state index in [1.54, 1.807) is 6.92 Å². The molecule has 2 saturated carbocycles. The van der Waals surface area contributed by atoms with Crippen molar-refractivity contribution in [1.82, 2.24) is 4.90 Å². The Morgan fingerprint density at radius 2 is 1.97 bits per heavy atom. The van der Waals surface area contributed by atoms with Crippen LogP contribution in [0.1, 0.15) is 40.0 Å². The molecule has 29 heavy (non-hydrogen) atoms. The van der Waals surface area contributed by atoms with E-state index < -0.39 is 47.2 Å². The number of likely N-dealkylation sites (N-methyl/N-ethyl adjacent to an activating group) is 1. The van der Waals surface area contributed by atoms with Crippen LogP contribution in [0.2, 0.25) is 0 Å². The number of Topliss-reactive ketones (excluding diaryl/α,β-unsaturated/α-hetero) is 1. The van der Waals surface area contributed by atoms with Crippen molar-refractivity contribution in [2.45, 2.75) is 58.0 Å². The molecule has 5 aliphatic rings. The molecule has 1 unspecified atom stereocenters. The quantitative estimate of drug-likeness (QED) is 0.408. The summed E-state index contributed by atoms with van der Waals surface area (Å²) in [4.78, 5) is 39.9. The van der Waals surface area contributed by atoms with Gasteiger partial charge in [0.2, 0.25) is 5.91 Å². The van der Waals surface area contributed by atoms with Crippen LogP contribution < -0.4 is 0 Å². The average Bonchev–Trinajstić information content (AvgIpc) is 3.01. The minimum atomic E-state index is -2.45. The van der Waals surface area contributed by atoms with Crippen LogP contribution in [-0.4, -0.2) is 53.3 Å². The van der Waals surface area contributed by atoms with Crippen LogP contribution in [0.25, 0.3) is 0 Å². The number of carbonyl (C=O) groups excluding carboxylic acids is 2. The van der Waals surface area contributed by atoms with Crippen molar-refractivity contribution in [2.24, 2.45) is 40.4 Å². The Morgan fingerprint density at radius 3 is 2.66 bits per heavy atom. The van der Waals surface area contributed by atoms with Crippen molar-refractivity contribution in [3.05, 3.63) is 12.2 Å². The SMILES string of the molecule is C[C@@H]1CC[C@@H]2C(C=C[C@H]3[C@@H]4[C@@H](C)OO[C@@]5([O])[C@H](CO)N(C)C(=O)[C@@]45C(=O)[C@@]23C)C1. The second kappa shape index (κ2) is 5.90. The third-order valence-electron chi connectivity index (χ3n) is 9.04. The topological polar surface area (TPSA) is 96.0 Å². The number of nitrogens with zero attached hydrogens (tertiary/aromatic N) is 1. The molecule has 4 fully saturated rings. The standard InChI is InChI=1S/C22H30NO6/c1-11-5-7-14-13(9-11)6-8-15-17-12(2)28-29-22(27)16(10-24)23(4)19(26)21(17,22)18(25)20(14,15)3/h6,8,11-17,24H,5,7,9-10H2,1-4H3/t11-,12-,13?,14-,15+,16+,17+,20+,21+,22+/m1/s1. The Labute approximate surface area is 171 Å². The number of hydrogen-bond donors (Lipinski definition) is 1. The van der Waals surface area contributed by atoms with Crippen molar-refractivity contribution in [1.29, 1.82) is 0 Å². The van der Waals surface area contributed by atoms with Crippen LogP contribution in [0.3, 0.4) is 0 Å². The molecular formula is C22H30NO6. The lowest BCUT2D eigenvalue weighted by Gasteiger charge is -2.48. The number of rotatable bonds is 1. The first-order chi connectivity index (χ1) is 13.7. The summed E-state index contributed by atoms with van der Waals surface area (Å²) in [5.74, 6) is -3.16. The van der Waals surface area contributed by atoms with Gasteiger partial charge in [-0.2, -0.15) is 9.99 Å². The highest BCUT2D eigenvalue weighted by atomic mass is 17.2. The maximum Gasteiger partial charge on any atom is 0.277 e. The summed E-state index contributed by atoms with van der Waals surface area (Å²) in [5.41, 5.74) is -2.68. The first-order valence-electron chi connectivity index (χ1n) is 10.8. The van der Waals surface area contributed by atoms with Gasteiger partial charge in [-0.3, -0.25) is 9.59 Å². The Bertz CT molecular complexity index is 798. The Hall–Kier alpha value is -1.28. The largest absolute Gasteiger partial charge is 0.394 e. The summed E-state index contributed by atoms with van der Waals surface area (Å²) in [5, 5.41) is 24.0. The molecule has 2 heterocycles. The van der Waals surface area contributed by atoms with Gasteiger partial charge in [0.1, 0.15) is 6.04 Å². The highest BCUT2D eigenvalue weighted by molar-refractivity contribution is 6.14. The van der Waals surface area contributed by atoms with Crippen molar-refractivity contribution in [3.63, 3.8) is 0 Å². The first kappa shape index (κ1) is 19.7. The van der Waals surface area contributed by atoms with E-state index in [1.165, 1.54) is 11.9 Å². The maximum absolute atomic E-state index is 14.3. The van der Waals surface area contributed by atoms with Gasteiger partial charge in [0.05, 0.1) is 12.7 Å². The van der Waals surface area contributed by atoms with E-state index in [-0.39, 0.29) is 23.5 Å². The molecule has 5 rings (SSSR count). The lowest BCUT2D eigenvalue weighted by Crippen LogP contribution is -2.65.